The zero-order valence-corrected chi connectivity index (χ0v) is 19.7. The van der Waals surface area contributed by atoms with E-state index in [0.29, 0.717) is 43.3 Å². The number of furan rings is 1. The van der Waals surface area contributed by atoms with E-state index in [-0.39, 0.29) is 24.5 Å². The number of amides is 3. The molecule has 1 aromatic carbocycles. The molecular weight excluding hydrogens is 410 g/mol. The van der Waals surface area contributed by atoms with E-state index in [1.54, 1.807) is 36.3 Å². The Hall–Kier alpha value is -3.16. The summed E-state index contributed by atoms with van der Waals surface area (Å²) in [7, 11) is 3.19. The number of ether oxygens (including phenoxy) is 2. The highest BCUT2D eigenvalue weighted by Crippen LogP contribution is 2.27. The molecule has 8 heteroatoms. The smallest absolute Gasteiger partial charge is 0.318 e. The van der Waals surface area contributed by atoms with Gasteiger partial charge in [0.2, 0.25) is 5.91 Å². The molecule has 8 nitrogen and oxygen atoms in total. The molecule has 0 saturated heterocycles. The Labute approximate surface area is 190 Å². The molecule has 2 rings (SSSR count). The maximum atomic E-state index is 13.3. The molecule has 0 bridgehead atoms. The van der Waals surface area contributed by atoms with E-state index in [9.17, 15) is 9.59 Å². The van der Waals surface area contributed by atoms with Gasteiger partial charge in [-0.25, -0.2) is 4.79 Å². The number of methoxy groups -OCH3 is 2. The Morgan fingerprint density at radius 3 is 2.47 bits per heavy atom. The minimum atomic E-state index is -0.229. The Balaban J connectivity index is 2.16. The minimum Gasteiger partial charge on any atom is -0.493 e. The van der Waals surface area contributed by atoms with Crippen LogP contribution in [-0.4, -0.2) is 61.6 Å². The third-order valence-electron chi connectivity index (χ3n) is 5.42. The number of carbonyl (C=O) groups excluding carboxylic acids is 2. The Morgan fingerprint density at radius 2 is 1.88 bits per heavy atom. The monoisotopic (exact) mass is 445 g/mol. The van der Waals surface area contributed by atoms with E-state index >= 15 is 0 Å². The molecule has 1 N–H and O–H groups in total. The van der Waals surface area contributed by atoms with E-state index in [0.717, 1.165) is 12.0 Å². The number of nitrogens with one attached hydrogen (secondary N) is 1. The van der Waals surface area contributed by atoms with Crippen molar-refractivity contribution in [3.05, 3.63) is 47.9 Å². The van der Waals surface area contributed by atoms with Crippen LogP contribution < -0.4 is 14.8 Å². The molecule has 1 unspecified atom stereocenters. The van der Waals surface area contributed by atoms with Crippen LogP contribution in [0.5, 0.6) is 11.5 Å². The molecule has 1 aromatic heterocycles. The van der Waals surface area contributed by atoms with Gasteiger partial charge in [0, 0.05) is 19.1 Å². The summed E-state index contributed by atoms with van der Waals surface area (Å²) in [6.07, 6.45) is 2.97. The fourth-order valence-electron chi connectivity index (χ4n) is 3.33. The second-order valence-corrected chi connectivity index (χ2v) is 7.55. The first kappa shape index (κ1) is 25.1. The predicted molar refractivity (Wildman–Crippen MR) is 123 cm³/mol. The summed E-state index contributed by atoms with van der Waals surface area (Å²) in [5, 5.41) is 2.80. The second-order valence-electron chi connectivity index (χ2n) is 7.55. The van der Waals surface area contributed by atoms with Crippen LogP contribution in [0.3, 0.4) is 0 Å². The van der Waals surface area contributed by atoms with Gasteiger partial charge in [0.25, 0.3) is 0 Å². The van der Waals surface area contributed by atoms with Crippen LogP contribution in [0.4, 0.5) is 4.79 Å². The lowest BCUT2D eigenvalue weighted by Crippen LogP contribution is -2.50. The van der Waals surface area contributed by atoms with Crippen molar-refractivity contribution in [1.29, 1.82) is 0 Å². The average molecular weight is 446 g/mol. The number of urea groups is 1. The van der Waals surface area contributed by atoms with E-state index in [1.807, 2.05) is 45.0 Å². The van der Waals surface area contributed by atoms with Crippen LogP contribution in [0.15, 0.2) is 41.0 Å². The van der Waals surface area contributed by atoms with Crippen molar-refractivity contribution >= 4 is 11.9 Å². The first-order valence-electron chi connectivity index (χ1n) is 11.0. The summed E-state index contributed by atoms with van der Waals surface area (Å²) >= 11 is 0. The van der Waals surface area contributed by atoms with Gasteiger partial charge in [-0.05, 0) is 56.5 Å². The lowest BCUT2D eigenvalue weighted by atomic mass is 10.1. The topological polar surface area (TPSA) is 84.3 Å². The molecule has 0 fully saturated rings. The summed E-state index contributed by atoms with van der Waals surface area (Å²) < 4.78 is 16.2. The van der Waals surface area contributed by atoms with Crippen molar-refractivity contribution in [3.63, 3.8) is 0 Å². The molecule has 1 atom stereocenters. The molecule has 0 aliphatic rings. The molecule has 0 aliphatic carbocycles. The SMILES string of the molecule is CCNC(=O)N(CC(=O)N(CCc1ccc(OC)c(OC)c1)Cc1ccco1)C(C)CC. The first-order valence-corrected chi connectivity index (χ1v) is 11.0. The highest BCUT2D eigenvalue weighted by atomic mass is 16.5. The summed E-state index contributed by atoms with van der Waals surface area (Å²) in [4.78, 5) is 29.1. The molecule has 32 heavy (non-hydrogen) atoms. The van der Waals surface area contributed by atoms with Crippen LogP contribution >= 0.6 is 0 Å². The highest BCUT2D eigenvalue weighted by molar-refractivity contribution is 5.84. The van der Waals surface area contributed by atoms with Gasteiger partial charge in [-0.1, -0.05) is 13.0 Å². The van der Waals surface area contributed by atoms with Crippen molar-refractivity contribution in [3.8, 4) is 11.5 Å². The van der Waals surface area contributed by atoms with Gasteiger partial charge in [0.1, 0.15) is 12.3 Å². The zero-order chi connectivity index (χ0) is 23.5. The van der Waals surface area contributed by atoms with Crippen LogP contribution in [0.25, 0.3) is 0 Å². The molecule has 3 amide bonds. The third kappa shape index (κ3) is 6.93. The van der Waals surface area contributed by atoms with Crippen LogP contribution in [0.2, 0.25) is 0 Å². The summed E-state index contributed by atoms with van der Waals surface area (Å²) in [5.74, 6) is 1.87. The Bertz CT molecular complexity index is 853. The molecule has 0 radical (unpaired) electrons. The van der Waals surface area contributed by atoms with E-state index in [2.05, 4.69) is 5.32 Å². The van der Waals surface area contributed by atoms with E-state index < -0.39 is 0 Å². The largest absolute Gasteiger partial charge is 0.493 e. The van der Waals surface area contributed by atoms with Crippen LogP contribution in [0, 0.1) is 0 Å². The molecular formula is C24H35N3O5. The average Bonchev–Trinajstić information content (AvgIpc) is 3.32. The number of hydrogen-bond donors (Lipinski definition) is 1. The number of hydrogen-bond acceptors (Lipinski definition) is 5. The molecule has 0 saturated carbocycles. The third-order valence-corrected chi connectivity index (χ3v) is 5.42. The van der Waals surface area contributed by atoms with Crippen molar-refractivity contribution in [2.24, 2.45) is 0 Å². The van der Waals surface area contributed by atoms with Gasteiger partial charge in [-0.2, -0.15) is 0 Å². The fourth-order valence-corrected chi connectivity index (χ4v) is 3.33. The van der Waals surface area contributed by atoms with Crippen molar-refractivity contribution in [2.75, 3.05) is 33.9 Å². The lowest BCUT2D eigenvalue weighted by molar-refractivity contribution is -0.133. The Kier molecular flexibility index (Phi) is 9.91. The van der Waals surface area contributed by atoms with Gasteiger partial charge >= 0.3 is 6.03 Å². The minimum absolute atomic E-state index is 0.00742. The standard InChI is InChI=1S/C24H35N3O5/c1-6-18(3)27(24(29)25-7-2)17-23(28)26(16-20-9-8-14-32-20)13-12-19-10-11-21(30-4)22(15-19)31-5/h8-11,14-15,18H,6-7,12-13,16-17H2,1-5H3,(H,25,29). The number of rotatable bonds is 12. The molecule has 2 aromatic rings. The van der Waals surface area contributed by atoms with Crippen LogP contribution in [-0.2, 0) is 17.8 Å². The number of carbonyl (C=O) groups is 2. The lowest BCUT2D eigenvalue weighted by Gasteiger charge is -2.31. The summed E-state index contributed by atoms with van der Waals surface area (Å²) in [5.41, 5.74) is 1.02. The van der Waals surface area contributed by atoms with Gasteiger partial charge in [-0.3, -0.25) is 4.79 Å². The van der Waals surface area contributed by atoms with E-state index in [4.69, 9.17) is 13.9 Å². The highest BCUT2D eigenvalue weighted by Gasteiger charge is 2.25. The van der Waals surface area contributed by atoms with Gasteiger partial charge in [0.15, 0.2) is 11.5 Å². The summed E-state index contributed by atoms with van der Waals surface area (Å²) in [6.45, 7) is 7.13. The second kappa shape index (κ2) is 12.6. The predicted octanol–water partition coefficient (Wildman–Crippen LogP) is 3.70. The quantitative estimate of drug-likeness (QED) is 0.539. The number of benzene rings is 1. The van der Waals surface area contributed by atoms with Crippen molar-refractivity contribution < 1.29 is 23.5 Å². The van der Waals surface area contributed by atoms with Crippen molar-refractivity contribution in [2.45, 2.75) is 46.2 Å². The fraction of sp³-hybridized carbons (Fsp3) is 0.500. The maximum absolute atomic E-state index is 13.3. The van der Waals surface area contributed by atoms with Gasteiger partial charge < -0.3 is 29.0 Å². The van der Waals surface area contributed by atoms with Gasteiger partial charge in [0.05, 0.1) is 27.0 Å². The molecule has 0 spiro atoms. The molecule has 176 valence electrons. The van der Waals surface area contributed by atoms with Crippen LogP contribution in [0.1, 0.15) is 38.5 Å². The first-order chi connectivity index (χ1) is 15.4. The zero-order valence-electron chi connectivity index (χ0n) is 19.7. The molecule has 0 aliphatic heterocycles. The van der Waals surface area contributed by atoms with E-state index in [1.165, 1.54) is 0 Å². The maximum Gasteiger partial charge on any atom is 0.318 e. The van der Waals surface area contributed by atoms with Gasteiger partial charge in [-0.15, -0.1) is 0 Å². The number of nitrogens with zero attached hydrogens (tertiary/aromatic N) is 2. The normalized spacial score (nSPS) is 11.5. The Morgan fingerprint density at radius 1 is 1.12 bits per heavy atom. The summed E-state index contributed by atoms with van der Waals surface area (Å²) in [6, 6.07) is 9.08. The molecule has 1 heterocycles. The van der Waals surface area contributed by atoms with Crippen molar-refractivity contribution in [1.82, 2.24) is 15.1 Å².